The van der Waals surface area contributed by atoms with Crippen molar-refractivity contribution in [1.82, 2.24) is 34.2 Å². The minimum absolute atomic E-state index is 0.182. The number of aryl methyl sites for hydroxylation is 1. The Morgan fingerprint density at radius 3 is 2.79 bits per heavy atom. The molecule has 11 nitrogen and oxygen atoms in total. The lowest BCUT2D eigenvalue weighted by molar-refractivity contribution is 0.363. The van der Waals surface area contributed by atoms with Gasteiger partial charge in [-0.15, -0.1) is 0 Å². The van der Waals surface area contributed by atoms with E-state index in [1.807, 2.05) is 12.1 Å². The summed E-state index contributed by atoms with van der Waals surface area (Å²) < 4.78 is 14.0. The molecule has 2 fully saturated rings. The van der Waals surface area contributed by atoms with Crippen molar-refractivity contribution in [3.05, 3.63) is 71.4 Å². The number of piperidine rings is 1. The van der Waals surface area contributed by atoms with Crippen LogP contribution in [0, 0.1) is 11.8 Å². The van der Waals surface area contributed by atoms with Gasteiger partial charge in [0.05, 0.1) is 12.5 Å². The lowest BCUT2D eigenvalue weighted by Gasteiger charge is -2.21. The fourth-order valence-electron chi connectivity index (χ4n) is 5.12. The average Bonchev–Trinajstić information content (AvgIpc) is 3.47. The highest BCUT2D eigenvalue weighted by Crippen LogP contribution is 2.58. The van der Waals surface area contributed by atoms with Crippen LogP contribution in [0.4, 0.5) is 5.69 Å². The first kappa shape index (κ1) is 19.2. The molecule has 1 saturated heterocycles. The van der Waals surface area contributed by atoms with Gasteiger partial charge in [-0.3, -0.25) is 9.36 Å². The quantitative estimate of drug-likeness (QED) is 0.391. The highest BCUT2D eigenvalue weighted by Gasteiger charge is 2.58. The van der Waals surface area contributed by atoms with Crippen LogP contribution in [0.3, 0.4) is 0 Å². The Morgan fingerprint density at radius 2 is 1.97 bits per heavy atom. The summed E-state index contributed by atoms with van der Waals surface area (Å²) in [5.41, 5.74) is 2.82. The molecule has 0 radical (unpaired) electrons. The molecule has 0 bridgehead atoms. The molecule has 5 aromatic rings. The summed E-state index contributed by atoms with van der Waals surface area (Å²) in [7, 11) is 1.77. The van der Waals surface area contributed by atoms with E-state index in [1.54, 1.807) is 30.4 Å². The summed E-state index contributed by atoms with van der Waals surface area (Å²) in [6.45, 7) is 2.06. The van der Waals surface area contributed by atoms with Gasteiger partial charge in [0.25, 0.3) is 5.56 Å². The minimum Gasteiger partial charge on any atom is -0.445 e. The second kappa shape index (κ2) is 7.11. The average molecular weight is 456 g/mol. The van der Waals surface area contributed by atoms with E-state index in [0.29, 0.717) is 34.8 Å². The summed E-state index contributed by atoms with van der Waals surface area (Å²) in [5.74, 6) is 3.03. The van der Waals surface area contributed by atoms with Crippen molar-refractivity contribution in [1.29, 1.82) is 0 Å². The van der Waals surface area contributed by atoms with Crippen LogP contribution < -0.4 is 10.5 Å². The third-order valence-electron chi connectivity index (χ3n) is 6.87. The van der Waals surface area contributed by atoms with Crippen LogP contribution in [0.25, 0.3) is 22.6 Å². The second-order valence-electron chi connectivity index (χ2n) is 8.90. The fourth-order valence-corrected chi connectivity index (χ4v) is 5.12. The molecule has 1 aliphatic carbocycles. The van der Waals surface area contributed by atoms with Gasteiger partial charge in [-0.05, 0) is 30.0 Å². The maximum absolute atomic E-state index is 12.8. The van der Waals surface area contributed by atoms with E-state index in [4.69, 9.17) is 8.94 Å². The summed E-state index contributed by atoms with van der Waals surface area (Å²) in [6.07, 6.45) is 6.28. The second-order valence-corrected chi connectivity index (χ2v) is 8.90. The van der Waals surface area contributed by atoms with Crippen molar-refractivity contribution in [2.24, 2.45) is 18.9 Å². The van der Waals surface area contributed by atoms with E-state index in [1.165, 1.54) is 10.9 Å². The molecule has 0 N–H and O–H groups in total. The number of fused-ring (bicyclic) bond motifs is 2. The lowest BCUT2D eigenvalue weighted by atomic mass is 10.1. The summed E-state index contributed by atoms with van der Waals surface area (Å²) in [5, 5.41) is 4.22. The van der Waals surface area contributed by atoms with Crippen molar-refractivity contribution in [3.8, 4) is 11.5 Å². The fraction of sp³-hybridized carbons (Fsp3) is 0.304. The molecule has 3 atom stereocenters. The third-order valence-corrected chi connectivity index (χ3v) is 6.87. The molecule has 1 saturated carbocycles. The van der Waals surface area contributed by atoms with E-state index in [9.17, 15) is 4.79 Å². The normalized spacial score (nSPS) is 21.3. The number of nitrogens with zero attached hydrogens (tertiary/aromatic N) is 8. The number of oxazole rings is 1. The molecule has 0 spiro atoms. The van der Waals surface area contributed by atoms with E-state index < -0.39 is 0 Å². The van der Waals surface area contributed by atoms with Gasteiger partial charge >= 0.3 is 0 Å². The molecule has 7 rings (SSSR count). The van der Waals surface area contributed by atoms with Gasteiger partial charge in [0, 0.05) is 37.3 Å². The predicted octanol–water partition coefficient (Wildman–Crippen LogP) is 2.07. The molecule has 1 aromatic carbocycles. The topological polar surface area (TPSA) is 121 Å². The number of hydrogen-bond donors (Lipinski definition) is 0. The molecule has 11 heteroatoms. The van der Waals surface area contributed by atoms with E-state index in [2.05, 4.69) is 42.1 Å². The third kappa shape index (κ3) is 2.96. The van der Waals surface area contributed by atoms with Crippen LogP contribution in [-0.4, -0.2) is 47.3 Å². The van der Waals surface area contributed by atoms with Gasteiger partial charge in [-0.1, -0.05) is 11.2 Å². The Morgan fingerprint density at radius 1 is 1.12 bits per heavy atom. The van der Waals surface area contributed by atoms with Crippen molar-refractivity contribution >= 4 is 16.9 Å². The van der Waals surface area contributed by atoms with Crippen molar-refractivity contribution < 1.29 is 8.94 Å². The number of anilines is 1. The summed E-state index contributed by atoms with van der Waals surface area (Å²) in [6, 6.07) is 8.26. The van der Waals surface area contributed by atoms with Crippen LogP contribution in [0.5, 0.6) is 0 Å². The van der Waals surface area contributed by atoms with Gasteiger partial charge in [0.2, 0.25) is 11.8 Å². The first-order valence-corrected chi connectivity index (χ1v) is 11.1. The largest absolute Gasteiger partial charge is 0.445 e. The van der Waals surface area contributed by atoms with E-state index in [-0.39, 0.29) is 18.0 Å². The van der Waals surface area contributed by atoms with E-state index >= 15 is 0 Å². The molecular formula is C23H20N8O3. The van der Waals surface area contributed by atoms with Gasteiger partial charge in [-0.25, -0.2) is 15.0 Å². The van der Waals surface area contributed by atoms with Crippen LogP contribution in [-0.2, 0) is 13.6 Å². The number of imidazole rings is 1. The maximum atomic E-state index is 12.8. The molecule has 0 amide bonds. The molecule has 170 valence electrons. The number of aromatic nitrogens is 7. The molecule has 0 unspecified atom stereocenters. The SMILES string of the molecule is Cn1cnc2ncn(Cc3nc([C@@H]4[C@@H]5CN(c6cccc(-c7ncco7)c6)C[C@@H]54)no3)c(=O)c21. The maximum Gasteiger partial charge on any atom is 0.280 e. The first-order chi connectivity index (χ1) is 16.7. The summed E-state index contributed by atoms with van der Waals surface area (Å²) >= 11 is 0. The van der Waals surface area contributed by atoms with Crippen molar-refractivity contribution in [3.63, 3.8) is 0 Å². The highest BCUT2D eigenvalue weighted by atomic mass is 16.5. The van der Waals surface area contributed by atoms with Gasteiger partial charge in [-0.2, -0.15) is 4.98 Å². The van der Waals surface area contributed by atoms with Gasteiger partial charge in [0.15, 0.2) is 17.0 Å². The van der Waals surface area contributed by atoms with Crippen molar-refractivity contribution in [2.75, 3.05) is 18.0 Å². The molecule has 2 aliphatic rings. The smallest absolute Gasteiger partial charge is 0.280 e. The molecule has 34 heavy (non-hydrogen) atoms. The van der Waals surface area contributed by atoms with Crippen LogP contribution in [0.2, 0.25) is 0 Å². The zero-order valence-electron chi connectivity index (χ0n) is 18.3. The number of hydrogen-bond acceptors (Lipinski definition) is 9. The standard InChI is InChI=1S/C23H20N8O3/c1-29-11-25-21-19(29)23(32)31(12-26-21)10-17-27-20(28-34-17)18-15-8-30(9-16(15)18)14-4-2-3-13(7-14)22-24-5-6-33-22/h2-7,11-12,15-16,18H,8-10H2,1H3/t15-,16+,18-. The Kier molecular flexibility index (Phi) is 4.02. The Hall–Kier alpha value is -4.28. The Balaban J connectivity index is 1.05. The Bertz CT molecular complexity index is 1550. The number of rotatable bonds is 5. The summed E-state index contributed by atoms with van der Waals surface area (Å²) in [4.78, 5) is 32.3. The van der Waals surface area contributed by atoms with E-state index in [0.717, 1.165) is 30.2 Å². The molecular weight excluding hydrogens is 436 g/mol. The molecule has 1 aliphatic heterocycles. The van der Waals surface area contributed by atoms with Gasteiger partial charge < -0.3 is 18.4 Å². The zero-order valence-corrected chi connectivity index (χ0v) is 18.3. The highest BCUT2D eigenvalue weighted by molar-refractivity contribution is 5.68. The Labute approximate surface area is 192 Å². The number of benzene rings is 1. The van der Waals surface area contributed by atoms with Crippen molar-refractivity contribution in [2.45, 2.75) is 12.5 Å². The molecule has 5 heterocycles. The lowest BCUT2D eigenvalue weighted by Crippen LogP contribution is -2.24. The van der Waals surface area contributed by atoms with Gasteiger partial charge in [0.1, 0.15) is 19.1 Å². The predicted molar refractivity (Wildman–Crippen MR) is 120 cm³/mol. The monoisotopic (exact) mass is 456 g/mol. The van der Waals surface area contributed by atoms with Crippen LogP contribution >= 0.6 is 0 Å². The minimum atomic E-state index is -0.185. The first-order valence-electron chi connectivity index (χ1n) is 11.1. The van der Waals surface area contributed by atoms with Crippen LogP contribution in [0.1, 0.15) is 17.6 Å². The zero-order chi connectivity index (χ0) is 22.8. The molecule has 4 aromatic heterocycles. The van der Waals surface area contributed by atoms with Crippen LogP contribution in [0.15, 0.2) is 63.1 Å².